The molecule has 0 spiro atoms. The minimum atomic E-state index is -0.191. The Kier molecular flexibility index (Phi) is 6.65. The van der Waals surface area contributed by atoms with Gasteiger partial charge < -0.3 is 15.2 Å². The second-order valence-corrected chi connectivity index (χ2v) is 3.94. The molecule has 1 rings (SSSR count). The minimum absolute atomic E-state index is 0.134. The Morgan fingerprint density at radius 3 is 2.95 bits per heavy atom. The number of aliphatic hydroxyl groups is 1. The molecule has 0 aliphatic rings. The number of aliphatic hydroxyl groups excluding tert-OH is 1. The van der Waals surface area contributed by atoms with E-state index in [9.17, 15) is 4.79 Å². The third-order valence-corrected chi connectivity index (χ3v) is 2.53. The van der Waals surface area contributed by atoms with Gasteiger partial charge in [0.15, 0.2) is 0 Å². The molecule has 0 atom stereocenters. The summed E-state index contributed by atoms with van der Waals surface area (Å²) in [6, 6.07) is 5.40. The SMILES string of the molecule is CCOCCNC(=O)c1cc(C#CCO)ccc1C. The Labute approximate surface area is 113 Å². The standard InChI is InChI=1S/C15H19NO3/c1-3-19-10-8-16-15(18)14-11-13(5-4-9-17)7-6-12(14)2/h6-7,11,17H,3,8-10H2,1-2H3,(H,16,18). The van der Waals surface area contributed by atoms with Gasteiger partial charge in [-0.3, -0.25) is 4.79 Å². The Hall–Kier alpha value is -1.83. The molecule has 0 saturated heterocycles. The third kappa shape index (κ3) is 5.12. The number of nitrogens with one attached hydrogen (secondary N) is 1. The van der Waals surface area contributed by atoms with E-state index in [0.29, 0.717) is 25.3 Å². The van der Waals surface area contributed by atoms with Crippen LogP contribution in [0.2, 0.25) is 0 Å². The van der Waals surface area contributed by atoms with E-state index in [1.807, 2.05) is 26.0 Å². The van der Waals surface area contributed by atoms with Gasteiger partial charge in [-0.15, -0.1) is 0 Å². The number of aryl methyl sites for hydroxylation is 1. The van der Waals surface area contributed by atoms with Crippen molar-refractivity contribution in [3.05, 3.63) is 34.9 Å². The molecule has 19 heavy (non-hydrogen) atoms. The summed E-state index contributed by atoms with van der Waals surface area (Å²) >= 11 is 0. The van der Waals surface area contributed by atoms with Crippen LogP contribution in [0.25, 0.3) is 0 Å². The second-order valence-electron chi connectivity index (χ2n) is 3.94. The number of ether oxygens (including phenoxy) is 1. The van der Waals surface area contributed by atoms with Crippen LogP contribution in [-0.2, 0) is 4.74 Å². The lowest BCUT2D eigenvalue weighted by atomic mass is 10.0. The molecule has 0 fully saturated rings. The summed E-state index contributed by atoms with van der Waals surface area (Å²) in [5, 5.41) is 11.5. The molecule has 0 aliphatic carbocycles. The predicted octanol–water partition coefficient (Wildman–Crippen LogP) is 1.11. The average Bonchev–Trinajstić information content (AvgIpc) is 2.42. The van der Waals surface area contributed by atoms with Gasteiger partial charge in [-0.1, -0.05) is 17.9 Å². The molecule has 0 saturated carbocycles. The number of rotatable bonds is 5. The van der Waals surface area contributed by atoms with Crippen molar-refractivity contribution in [1.29, 1.82) is 0 Å². The van der Waals surface area contributed by atoms with Gasteiger partial charge in [0, 0.05) is 24.3 Å². The van der Waals surface area contributed by atoms with E-state index in [1.54, 1.807) is 6.07 Å². The van der Waals surface area contributed by atoms with Crippen LogP contribution in [0.15, 0.2) is 18.2 Å². The summed E-state index contributed by atoms with van der Waals surface area (Å²) in [5.41, 5.74) is 2.21. The molecule has 4 nitrogen and oxygen atoms in total. The number of benzene rings is 1. The van der Waals surface area contributed by atoms with Crippen molar-refractivity contribution in [1.82, 2.24) is 5.32 Å². The van der Waals surface area contributed by atoms with E-state index in [4.69, 9.17) is 9.84 Å². The summed E-state index contributed by atoms with van der Waals surface area (Å²) in [6.45, 7) is 5.23. The molecule has 2 N–H and O–H groups in total. The van der Waals surface area contributed by atoms with E-state index in [-0.39, 0.29) is 12.5 Å². The highest BCUT2D eigenvalue weighted by atomic mass is 16.5. The monoisotopic (exact) mass is 261 g/mol. The predicted molar refractivity (Wildman–Crippen MR) is 74.0 cm³/mol. The number of hydrogen-bond donors (Lipinski definition) is 2. The fourth-order valence-electron chi connectivity index (χ4n) is 1.56. The van der Waals surface area contributed by atoms with E-state index in [0.717, 1.165) is 11.1 Å². The maximum absolute atomic E-state index is 12.0. The van der Waals surface area contributed by atoms with Gasteiger partial charge >= 0.3 is 0 Å². The summed E-state index contributed by atoms with van der Waals surface area (Å²) < 4.78 is 5.16. The topological polar surface area (TPSA) is 58.6 Å². The molecule has 0 aromatic heterocycles. The van der Waals surface area contributed by atoms with Crippen LogP contribution in [-0.4, -0.2) is 37.4 Å². The second kappa shape index (κ2) is 8.30. The molecule has 0 heterocycles. The van der Waals surface area contributed by atoms with Crippen LogP contribution in [0.5, 0.6) is 0 Å². The van der Waals surface area contributed by atoms with Crippen LogP contribution >= 0.6 is 0 Å². The van der Waals surface area contributed by atoms with Crippen molar-refractivity contribution >= 4 is 5.91 Å². The Morgan fingerprint density at radius 1 is 1.47 bits per heavy atom. The maximum Gasteiger partial charge on any atom is 0.251 e. The van der Waals surface area contributed by atoms with E-state index in [1.165, 1.54) is 0 Å². The lowest BCUT2D eigenvalue weighted by Crippen LogP contribution is -2.27. The highest BCUT2D eigenvalue weighted by Crippen LogP contribution is 2.10. The fourth-order valence-corrected chi connectivity index (χ4v) is 1.56. The van der Waals surface area contributed by atoms with Crippen molar-refractivity contribution < 1.29 is 14.6 Å². The zero-order chi connectivity index (χ0) is 14.1. The molecular weight excluding hydrogens is 242 g/mol. The van der Waals surface area contributed by atoms with Gasteiger partial charge in [0.1, 0.15) is 6.61 Å². The molecule has 1 aromatic rings. The van der Waals surface area contributed by atoms with Crippen LogP contribution in [0, 0.1) is 18.8 Å². The molecule has 0 unspecified atom stereocenters. The molecule has 4 heteroatoms. The number of carbonyl (C=O) groups excluding carboxylic acids is 1. The highest BCUT2D eigenvalue weighted by Gasteiger charge is 2.08. The van der Waals surface area contributed by atoms with Crippen molar-refractivity contribution in [2.45, 2.75) is 13.8 Å². The van der Waals surface area contributed by atoms with Crippen LogP contribution in [0.1, 0.15) is 28.4 Å². The van der Waals surface area contributed by atoms with Gasteiger partial charge in [-0.25, -0.2) is 0 Å². The largest absolute Gasteiger partial charge is 0.384 e. The first-order valence-corrected chi connectivity index (χ1v) is 6.25. The highest BCUT2D eigenvalue weighted by molar-refractivity contribution is 5.96. The number of carbonyl (C=O) groups is 1. The zero-order valence-electron chi connectivity index (χ0n) is 11.3. The summed E-state index contributed by atoms with van der Waals surface area (Å²) in [7, 11) is 0. The minimum Gasteiger partial charge on any atom is -0.384 e. The average molecular weight is 261 g/mol. The third-order valence-electron chi connectivity index (χ3n) is 2.53. The molecule has 0 radical (unpaired) electrons. The van der Waals surface area contributed by atoms with Gasteiger partial charge in [0.2, 0.25) is 0 Å². The lowest BCUT2D eigenvalue weighted by Gasteiger charge is -2.08. The van der Waals surface area contributed by atoms with Crippen LogP contribution in [0.3, 0.4) is 0 Å². The maximum atomic E-state index is 12.0. The van der Waals surface area contributed by atoms with Gasteiger partial charge in [-0.2, -0.15) is 0 Å². The number of hydrogen-bond acceptors (Lipinski definition) is 3. The molecule has 0 bridgehead atoms. The lowest BCUT2D eigenvalue weighted by molar-refractivity contribution is 0.0922. The van der Waals surface area contributed by atoms with Crippen molar-refractivity contribution in [3.63, 3.8) is 0 Å². The zero-order valence-corrected chi connectivity index (χ0v) is 11.3. The van der Waals surface area contributed by atoms with E-state index in [2.05, 4.69) is 17.2 Å². The van der Waals surface area contributed by atoms with Crippen molar-refractivity contribution in [3.8, 4) is 11.8 Å². The van der Waals surface area contributed by atoms with Crippen LogP contribution < -0.4 is 5.32 Å². The molecule has 0 aliphatic heterocycles. The Morgan fingerprint density at radius 2 is 2.26 bits per heavy atom. The van der Waals surface area contributed by atoms with Gasteiger partial charge in [-0.05, 0) is 31.5 Å². The smallest absolute Gasteiger partial charge is 0.251 e. The molecule has 1 amide bonds. The summed E-state index contributed by atoms with van der Waals surface area (Å²) in [4.78, 5) is 12.0. The summed E-state index contributed by atoms with van der Waals surface area (Å²) in [6.07, 6.45) is 0. The quantitative estimate of drug-likeness (QED) is 0.616. The van der Waals surface area contributed by atoms with Crippen LogP contribution in [0.4, 0.5) is 0 Å². The summed E-state index contributed by atoms with van der Waals surface area (Å²) in [5.74, 6) is 5.22. The van der Waals surface area contributed by atoms with Gasteiger partial charge in [0.25, 0.3) is 5.91 Å². The molecular formula is C15H19NO3. The van der Waals surface area contributed by atoms with Crippen molar-refractivity contribution in [2.75, 3.05) is 26.4 Å². The first-order chi connectivity index (χ1) is 9.19. The van der Waals surface area contributed by atoms with E-state index < -0.39 is 0 Å². The Balaban J connectivity index is 2.72. The first kappa shape index (κ1) is 15.2. The van der Waals surface area contributed by atoms with Crippen molar-refractivity contribution in [2.24, 2.45) is 0 Å². The Bertz CT molecular complexity index is 486. The van der Waals surface area contributed by atoms with Gasteiger partial charge in [0.05, 0.1) is 6.61 Å². The molecule has 102 valence electrons. The normalized spacial score (nSPS) is 9.63. The fraction of sp³-hybridized carbons (Fsp3) is 0.400. The first-order valence-electron chi connectivity index (χ1n) is 6.25. The molecule has 1 aromatic carbocycles. The number of amides is 1. The van der Waals surface area contributed by atoms with E-state index >= 15 is 0 Å².